The van der Waals surface area contributed by atoms with E-state index in [0.29, 0.717) is 26.1 Å². The minimum Gasteiger partial charge on any atom is -0.379 e. The highest BCUT2D eigenvalue weighted by Crippen LogP contribution is 2.48. The van der Waals surface area contributed by atoms with Gasteiger partial charge in [0.05, 0.1) is 39.5 Å². The van der Waals surface area contributed by atoms with Crippen molar-refractivity contribution in [2.75, 3.05) is 20.3 Å². The molecule has 0 rings (SSSR count). The molecule has 0 saturated heterocycles. The van der Waals surface area contributed by atoms with Gasteiger partial charge >= 0.3 is 0 Å². The Morgan fingerprint density at radius 1 is 0.543 bits per heavy atom. The number of hydrogen-bond donors (Lipinski definition) is 0. The van der Waals surface area contributed by atoms with Gasteiger partial charge in [-0.3, -0.25) is 0 Å². The van der Waals surface area contributed by atoms with Gasteiger partial charge in [0.1, 0.15) is 0 Å². The molecule has 0 amide bonds. The van der Waals surface area contributed by atoms with E-state index < -0.39 is 24.9 Å². The van der Waals surface area contributed by atoms with Crippen molar-refractivity contribution in [1.82, 2.24) is 0 Å². The molecule has 0 N–H and O–H groups in total. The van der Waals surface area contributed by atoms with Gasteiger partial charge in [-0.05, 0) is 106 Å². The van der Waals surface area contributed by atoms with Crippen LogP contribution in [-0.2, 0) is 24.0 Å². The van der Waals surface area contributed by atoms with E-state index in [9.17, 15) is 8.42 Å². The molecule has 0 bridgehead atoms. The van der Waals surface area contributed by atoms with Crippen LogP contribution >= 0.6 is 0 Å². The first-order chi connectivity index (χ1) is 15.1. The highest BCUT2D eigenvalue weighted by atomic mass is 32.2. The predicted octanol–water partition coefficient (Wildman–Crippen LogP) is 7.61. The lowest BCUT2D eigenvalue weighted by Gasteiger charge is -2.46. The first-order valence-corrected chi connectivity index (χ1v) is 14.7. The first kappa shape index (κ1) is 34.8. The fourth-order valence-corrected chi connectivity index (χ4v) is 7.25. The van der Waals surface area contributed by atoms with Crippen molar-refractivity contribution in [3.05, 3.63) is 0 Å². The average Bonchev–Trinajstić information content (AvgIpc) is 2.57. The van der Waals surface area contributed by atoms with Crippen molar-refractivity contribution in [3.63, 3.8) is 0 Å². The first-order valence-electron chi connectivity index (χ1n) is 13.2. The Morgan fingerprint density at radius 3 is 1.31 bits per heavy atom. The molecule has 0 aromatic carbocycles. The molecule has 0 aromatic rings. The van der Waals surface area contributed by atoms with Crippen molar-refractivity contribution < 1.29 is 22.6 Å². The minimum atomic E-state index is -3.46. The highest BCUT2D eigenvalue weighted by molar-refractivity contribution is 7.94. The molecular weight excluding hydrogens is 460 g/mol. The van der Waals surface area contributed by atoms with Crippen molar-refractivity contribution in [1.29, 1.82) is 0 Å². The molecule has 0 aliphatic rings. The van der Waals surface area contributed by atoms with Gasteiger partial charge in [0.15, 0.2) is 9.84 Å². The van der Waals surface area contributed by atoms with Gasteiger partial charge in [0.2, 0.25) is 0 Å². The van der Waals surface area contributed by atoms with Crippen molar-refractivity contribution in [2.24, 2.45) is 10.8 Å². The molecule has 0 radical (unpaired) electrons. The van der Waals surface area contributed by atoms with E-state index in [-0.39, 0.29) is 22.0 Å². The summed E-state index contributed by atoms with van der Waals surface area (Å²) in [6.45, 7) is 31.7. The van der Waals surface area contributed by atoms with Gasteiger partial charge in [-0.1, -0.05) is 34.6 Å². The van der Waals surface area contributed by atoms with Gasteiger partial charge < -0.3 is 14.2 Å². The summed E-state index contributed by atoms with van der Waals surface area (Å²) in [6, 6.07) is 0. The van der Waals surface area contributed by atoms with Crippen LogP contribution in [0.5, 0.6) is 0 Å². The van der Waals surface area contributed by atoms with Crippen LogP contribution in [0.3, 0.4) is 0 Å². The largest absolute Gasteiger partial charge is 0.379 e. The Labute approximate surface area is 219 Å². The summed E-state index contributed by atoms with van der Waals surface area (Å²) in [6.07, 6.45) is 2.56. The molecule has 0 fully saturated rings. The Kier molecular flexibility index (Phi) is 11.2. The van der Waals surface area contributed by atoms with Crippen molar-refractivity contribution in [2.45, 2.75) is 156 Å². The summed E-state index contributed by atoms with van der Waals surface area (Å²) >= 11 is 0. The zero-order chi connectivity index (χ0) is 28.4. The maximum atomic E-state index is 13.9. The third kappa shape index (κ3) is 10.2. The minimum absolute atomic E-state index is 0.000501. The smallest absolute Gasteiger partial charge is 0.160 e. The molecule has 0 aromatic heterocycles. The monoisotopic (exact) mass is 520 g/mol. The Morgan fingerprint density at radius 2 is 0.914 bits per heavy atom. The van der Waals surface area contributed by atoms with Gasteiger partial charge in [-0.15, -0.1) is 0 Å². The second-order valence-electron chi connectivity index (χ2n) is 15.2. The molecule has 0 spiro atoms. The number of rotatable bonds is 15. The molecule has 35 heavy (non-hydrogen) atoms. The quantitative estimate of drug-likeness (QED) is 0.222. The Hall–Kier alpha value is -0.170. The Bertz CT molecular complexity index is 765. The Balaban J connectivity index is 5.23. The fourth-order valence-electron chi connectivity index (χ4n) is 4.66. The molecule has 0 saturated carbocycles. The third-order valence-electron chi connectivity index (χ3n) is 8.15. The van der Waals surface area contributed by atoms with E-state index in [1.807, 2.05) is 41.5 Å². The maximum absolute atomic E-state index is 13.9. The lowest BCUT2D eigenvalue weighted by Crippen LogP contribution is -2.52. The standard InChI is InChI=1S/C29H60O5S/c1-23(2,3)24(4,5)21-28(12,13)35(30,31)29(14,15)22-27(10,11)34-20-18-26(8,9)33-19-17-25(6,7)32-16/h17-22H2,1-16H3. The van der Waals surface area contributed by atoms with E-state index in [4.69, 9.17) is 14.2 Å². The second kappa shape index (κ2) is 11.3. The van der Waals surface area contributed by atoms with Gasteiger partial charge in [-0.25, -0.2) is 8.42 Å². The van der Waals surface area contributed by atoms with E-state index in [1.54, 1.807) is 7.11 Å². The summed E-state index contributed by atoms with van der Waals surface area (Å²) < 4.78 is 43.9. The van der Waals surface area contributed by atoms with Crippen LogP contribution in [0.1, 0.15) is 130 Å². The zero-order valence-corrected chi connectivity index (χ0v) is 27.0. The molecule has 6 heteroatoms. The van der Waals surface area contributed by atoms with E-state index in [1.165, 1.54) is 0 Å². The third-order valence-corrected chi connectivity index (χ3v) is 11.3. The highest BCUT2D eigenvalue weighted by Gasteiger charge is 2.51. The normalized spacial score (nSPS) is 15.5. The molecule has 212 valence electrons. The SMILES string of the molecule is COC(C)(C)CCOC(C)(C)CCOC(C)(C)CC(C)(C)S(=O)(=O)C(C)(C)CC(C)(C)C(C)(C)C. The van der Waals surface area contributed by atoms with Crippen molar-refractivity contribution in [3.8, 4) is 0 Å². The van der Waals surface area contributed by atoms with Crippen LogP contribution < -0.4 is 0 Å². The summed E-state index contributed by atoms with van der Waals surface area (Å²) in [5, 5.41) is 0. The van der Waals surface area contributed by atoms with Crippen LogP contribution in [0.2, 0.25) is 0 Å². The summed E-state index contributed by atoms with van der Waals surface area (Å²) in [7, 11) is -1.75. The van der Waals surface area contributed by atoms with Crippen LogP contribution in [-0.4, -0.2) is 55.0 Å². The van der Waals surface area contributed by atoms with Gasteiger partial charge in [0.25, 0.3) is 0 Å². The lowest BCUT2D eigenvalue weighted by atomic mass is 9.65. The van der Waals surface area contributed by atoms with E-state index in [0.717, 1.165) is 12.8 Å². The van der Waals surface area contributed by atoms with Gasteiger partial charge in [-0.2, -0.15) is 0 Å². The molecule has 0 unspecified atom stereocenters. The summed E-state index contributed by atoms with van der Waals surface area (Å²) in [5.74, 6) is 0. The molecule has 0 heterocycles. The van der Waals surface area contributed by atoms with Crippen LogP contribution in [0.4, 0.5) is 0 Å². The van der Waals surface area contributed by atoms with E-state index in [2.05, 4.69) is 62.3 Å². The predicted molar refractivity (Wildman–Crippen MR) is 150 cm³/mol. The summed E-state index contributed by atoms with van der Waals surface area (Å²) in [5.41, 5.74) is -1.25. The number of sulfone groups is 1. The fraction of sp³-hybridized carbons (Fsp3) is 1.00. The number of methoxy groups -OCH3 is 1. The van der Waals surface area contributed by atoms with Crippen molar-refractivity contribution >= 4 is 9.84 Å². The van der Waals surface area contributed by atoms with Crippen LogP contribution in [0, 0.1) is 10.8 Å². The zero-order valence-electron chi connectivity index (χ0n) is 26.2. The molecule has 5 nitrogen and oxygen atoms in total. The topological polar surface area (TPSA) is 61.8 Å². The van der Waals surface area contributed by atoms with Crippen LogP contribution in [0.15, 0.2) is 0 Å². The maximum Gasteiger partial charge on any atom is 0.160 e. The summed E-state index contributed by atoms with van der Waals surface area (Å²) in [4.78, 5) is 0. The average molecular weight is 521 g/mol. The molecule has 0 aliphatic heterocycles. The van der Waals surface area contributed by atoms with Gasteiger partial charge in [0, 0.05) is 7.11 Å². The molecule has 0 atom stereocenters. The molecule has 0 aliphatic carbocycles. The second-order valence-corrected chi connectivity index (χ2v) is 18.4. The van der Waals surface area contributed by atoms with Crippen LogP contribution in [0.25, 0.3) is 0 Å². The van der Waals surface area contributed by atoms with E-state index >= 15 is 0 Å². The number of ether oxygens (including phenoxy) is 3. The number of hydrogen-bond acceptors (Lipinski definition) is 5. The lowest BCUT2D eigenvalue weighted by molar-refractivity contribution is -0.0890. The molecular formula is C29H60O5S.